The van der Waals surface area contributed by atoms with Gasteiger partial charge in [0, 0.05) is 27.2 Å². The quantitative estimate of drug-likeness (QED) is 0.839. The number of fused-ring (bicyclic) bond motifs is 1. The average molecular weight is 296 g/mol. The van der Waals surface area contributed by atoms with E-state index in [0.717, 1.165) is 30.9 Å². The van der Waals surface area contributed by atoms with E-state index in [0.29, 0.717) is 5.95 Å². The summed E-state index contributed by atoms with van der Waals surface area (Å²) in [5.74, 6) is 3.07. The summed E-state index contributed by atoms with van der Waals surface area (Å²) in [4.78, 5) is 17.2. The highest BCUT2D eigenvalue weighted by Gasteiger charge is 2.32. The van der Waals surface area contributed by atoms with E-state index in [2.05, 4.69) is 19.9 Å². The fourth-order valence-electron chi connectivity index (χ4n) is 3.45. The van der Waals surface area contributed by atoms with Gasteiger partial charge in [0.15, 0.2) is 0 Å². The molecule has 0 spiro atoms. The minimum absolute atomic E-state index is 0.282. The van der Waals surface area contributed by atoms with Crippen LogP contribution in [0.15, 0.2) is 0 Å². The highest BCUT2D eigenvalue weighted by molar-refractivity contribution is 6.28. The molecule has 1 aromatic heterocycles. The van der Waals surface area contributed by atoms with Crippen LogP contribution in [0, 0.1) is 11.8 Å². The number of aromatic nitrogens is 3. The zero-order valence-electron chi connectivity index (χ0n) is 12.2. The molecule has 2 unspecified atom stereocenters. The van der Waals surface area contributed by atoms with E-state index < -0.39 is 0 Å². The van der Waals surface area contributed by atoms with Crippen LogP contribution >= 0.6 is 11.6 Å². The van der Waals surface area contributed by atoms with Gasteiger partial charge in [0.25, 0.3) is 0 Å². The molecular formula is C14H22ClN5. The van der Waals surface area contributed by atoms with E-state index in [4.69, 9.17) is 11.6 Å². The van der Waals surface area contributed by atoms with E-state index in [1.54, 1.807) is 0 Å². The molecule has 3 rings (SSSR count). The Morgan fingerprint density at radius 2 is 1.80 bits per heavy atom. The highest BCUT2D eigenvalue weighted by Crippen LogP contribution is 2.37. The summed E-state index contributed by atoms with van der Waals surface area (Å²) in [6.45, 7) is 2.10. The molecule has 1 aliphatic carbocycles. The topological polar surface area (TPSA) is 45.2 Å². The Hall–Kier alpha value is -1.10. The highest BCUT2D eigenvalue weighted by atomic mass is 35.5. The van der Waals surface area contributed by atoms with Gasteiger partial charge in [-0.25, -0.2) is 0 Å². The van der Waals surface area contributed by atoms with Crippen LogP contribution in [0.2, 0.25) is 5.28 Å². The normalized spacial score (nSPS) is 26.2. The van der Waals surface area contributed by atoms with Crippen LogP contribution in [0.1, 0.15) is 32.1 Å². The van der Waals surface area contributed by atoms with Crippen LogP contribution < -0.4 is 9.80 Å². The third kappa shape index (κ3) is 2.82. The maximum Gasteiger partial charge on any atom is 0.231 e. The lowest BCUT2D eigenvalue weighted by atomic mass is 9.75. The lowest BCUT2D eigenvalue weighted by Crippen LogP contribution is -2.42. The Morgan fingerprint density at radius 3 is 2.55 bits per heavy atom. The molecule has 1 aliphatic heterocycles. The van der Waals surface area contributed by atoms with Gasteiger partial charge >= 0.3 is 0 Å². The van der Waals surface area contributed by atoms with Crippen LogP contribution in [0.4, 0.5) is 11.9 Å². The van der Waals surface area contributed by atoms with Gasteiger partial charge in [-0.2, -0.15) is 15.0 Å². The number of rotatable bonds is 2. The Morgan fingerprint density at radius 1 is 1.05 bits per heavy atom. The first-order chi connectivity index (χ1) is 9.63. The van der Waals surface area contributed by atoms with E-state index in [9.17, 15) is 0 Å². The number of halogens is 1. The number of piperidine rings is 1. The van der Waals surface area contributed by atoms with Gasteiger partial charge in [0.2, 0.25) is 17.2 Å². The van der Waals surface area contributed by atoms with E-state index in [1.807, 2.05) is 19.0 Å². The van der Waals surface area contributed by atoms with Crippen molar-refractivity contribution >= 4 is 23.5 Å². The van der Waals surface area contributed by atoms with Gasteiger partial charge in [-0.15, -0.1) is 0 Å². The number of anilines is 2. The largest absolute Gasteiger partial charge is 0.347 e. The third-order valence-corrected chi connectivity index (χ3v) is 4.73. The molecule has 20 heavy (non-hydrogen) atoms. The second-order valence-electron chi connectivity index (χ2n) is 6.14. The first-order valence-corrected chi connectivity index (χ1v) is 7.85. The number of hydrogen-bond donors (Lipinski definition) is 0. The Labute approximate surface area is 125 Å². The Balaban J connectivity index is 1.79. The lowest BCUT2D eigenvalue weighted by molar-refractivity contribution is 0.201. The van der Waals surface area contributed by atoms with Crippen molar-refractivity contribution in [3.05, 3.63) is 5.28 Å². The molecule has 2 heterocycles. The molecule has 0 aromatic carbocycles. The van der Waals surface area contributed by atoms with E-state index >= 15 is 0 Å². The van der Waals surface area contributed by atoms with Crippen molar-refractivity contribution in [3.8, 4) is 0 Å². The van der Waals surface area contributed by atoms with Crippen molar-refractivity contribution < 1.29 is 0 Å². The SMILES string of the molecule is CN(C)c1nc(Cl)nc(N2CCC3CCCCC3C2)n1. The Bertz CT molecular complexity index is 479. The molecule has 5 nitrogen and oxygen atoms in total. The van der Waals surface area contributed by atoms with Gasteiger partial charge in [-0.1, -0.05) is 19.3 Å². The summed E-state index contributed by atoms with van der Waals surface area (Å²) in [6.07, 6.45) is 6.78. The maximum absolute atomic E-state index is 6.04. The fourth-order valence-corrected chi connectivity index (χ4v) is 3.60. The molecule has 6 heteroatoms. The smallest absolute Gasteiger partial charge is 0.231 e. The van der Waals surface area contributed by atoms with Crippen LogP contribution in [0.5, 0.6) is 0 Å². The summed E-state index contributed by atoms with van der Waals surface area (Å²) < 4.78 is 0. The predicted octanol–water partition coefficient (Wildman–Crippen LogP) is 2.61. The van der Waals surface area contributed by atoms with Crippen molar-refractivity contribution in [3.63, 3.8) is 0 Å². The van der Waals surface area contributed by atoms with Crippen molar-refractivity contribution in [2.75, 3.05) is 37.0 Å². The fraction of sp³-hybridized carbons (Fsp3) is 0.786. The Kier molecular flexibility index (Phi) is 3.96. The molecule has 2 atom stereocenters. The molecule has 0 N–H and O–H groups in total. The number of hydrogen-bond acceptors (Lipinski definition) is 5. The zero-order chi connectivity index (χ0) is 14.1. The zero-order valence-corrected chi connectivity index (χ0v) is 13.0. The van der Waals surface area contributed by atoms with Gasteiger partial charge in [-0.05, 0) is 36.3 Å². The molecular weight excluding hydrogens is 274 g/mol. The summed E-state index contributed by atoms with van der Waals surface area (Å²) in [5.41, 5.74) is 0. The lowest BCUT2D eigenvalue weighted by Gasteiger charge is -2.41. The second kappa shape index (κ2) is 5.72. The molecule has 1 aromatic rings. The summed E-state index contributed by atoms with van der Waals surface area (Å²) in [7, 11) is 3.84. The molecule has 0 bridgehead atoms. The van der Waals surface area contributed by atoms with E-state index in [1.165, 1.54) is 32.1 Å². The van der Waals surface area contributed by atoms with Gasteiger partial charge < -0.3 is 9.80 Å². The molecule has 1 saturated heterocycles. The number of nitrogens with zero attached hydrogens (tertiary/aromatic N) is 5. The minimum atomic E-state index is 0.282. The van der Waals surface area contributed by atoms with Crippen molar-refractivity contribution in [1.82, 2.24) is 15.0 Å². The minimum Gasteiger partial charge on any atom is -0.347 e. The summed E-state index contributed by atoms with van der Waals surface area (Å²) in [5, 5.41) is 0.282. The van der Waals surface area contributed by atoms with Crippen LogP contribution in [-0.2, 0) is 0 Å². The average Bonchev–Trinajstić information content (AvgIpc) is 2.46. The third-order valence-electron chi connectivity index (χ3n) is 4.56. The van der Waals surface area contributed by atoms with Crippen molar-refractivity contribution in [2.45, 2.75) is 32.1 Å². The molecule has 1 saturated carbocycles. The molecule has 110 valence electrons. The maximum atomic E-state index is 6.04. The predicted molar refractivity (Wildman–Crippen MR) is 81.4 cm³/mol. The van der Waals surface area contributed by atoms with Gasteiger partial charge in [0.05, 0.1) is 0 Å². The van der Waals surface area contributed by atoms with Crippen LogP contribution in [0.25, 0.3) is 0 Å². The van der Waals surface area contributed by atoms with Crippen molar-refractivity contribution in [1.29, 1.82) is 0 Å². The summed E-state index contributed by atoms with van der Waals surface area (Å²) in [6, 6.07) is 0. The molecule has 0 amide bonds. The second-order valence-corrected chi connectivity index (χ2v) is 6.48. The van der Waals surface area contributed by atoms with Gasteiger partial charge in [0.1, 0.15) is 0 Å². The molecule has 0 radical (unpaired) electrons. The first-order valence-electron chi connectivity index (χ1n) is 7.47. The molecule has 2 fully saturated rings. The monoisotopic (exact) mass is 295 g/mol. The molecule has 2 aliphatic rings. The van der Waals surface area contributed by atoms with Crippen LogP contribution in [-0.4, -0.2) is 42.1 Å². The summed E-state index contributed by atoms with van der Waals surface area (Å²) >= 11 is 6.04. The van der Waals surface area contributed by atoms with Gasteiger partial charge in [-0.3, -0.25) is 0 Å². The van der Waals surface area contributed by atoms with E-state index in [-0.39, 0.29) is 5.28 Å². The standard InChI is InChI=1S/C14H22ClN5/c1-19(2)13-16-12(15)17-14(18-13)20-8-7-10-5-3-4-6-11(10)9-20/h10-11H,3-9H2,1-2H3. The first kappa shape index (κ1) is 13.9. The van der Waals surface area contributed by atoms with Crippen LogP contribution in [0.3, 0.4) is 0 Å². The van der Waals surface area contributed by atoms with Crippen molar-refractivity contribution in [2.24, 2.45) is 11.8 Å².